The minimum atomic E-state index is -1.40. The third-order valence-corrected chi connectivity index (χ3v) is 2.69. The largest absolute Gasteiger partial charge is 0.508 e. The van der Waals surface area contributed by atoms with Crippen molar-refractivity contribution in [1.29, 1.82) is 0 Å². The van der Waals surface area contributed by atoms with Gasteiger partial charge in [-0.25, -0.2) is 9.59 Å². The Morgan fingerprint density at radius 1 is 1.39 bits per heavy atom. The maximum Gasteiger partial charge on any atom is 0.408 e. The van der Waals surface area contributed by atoms with Crippen molar-refractivity contribution >= 4 is 17.7 Å². The quantitative estimate of drug-likeness (QED) is 0.554. The number of nitrogens with zero attached hydrogens (tertiary/aromatic N) is 1. The van der Waals surface area contributed by atoms with Gasteiger partial charge in [-0.05, 0) is 26.8 Å². The first-order valence-corrected chi connectivity index (χ1v) is 6.68. The number of carbonyl (C=O) groups excluding carboxylic acids is 1. The van der Waals surface area contributed by atoms with Crippen LogP contribution in [0.1, 0.15) is 26.3 Å². The second-order valence-corrected chi connectivity index (χ2v) is 5.81. The van der Waals surface area contributed by atoms with Crippen LogP contribution in [0.5, 0.6) is 5.75 Å². The van der Waals surface area contributed by atoms with Crippen molar-refractivity contribution in [2.75, 3.05) is 0 Å². The number of alkyl carbamates (subject to hydrolysis) is 1. The SMILES string of the molecule is CC(C)(C)OC(=O)NC(Cc1cc([N+](=O)[O-])ccc1O)C(=O)O. The zero-order chi connectivity index (χ0) is 17.8. The topological polar surface area (TPSA) is 139 Å². The van der Waals surface area contributed by atoms with Crippen LogP contribution in [0.2, 0.25) is 0 Å². The van der Waals surface area contributed by atoms with Gasteiger partial charge in [0.25, 0.3) is 5.69 Å². The molecule has 0 saturated carbocycles. The number of carboxylic acid groups (broad SMARTS) is 1. The molecule has 9 heteroatoms. The van der Waals surface area contributed by atoms with E-state index >= 15 is 0 Å². The van der Waals surface area contributed by atoms with Gasteiger partial charge < -0.3 is 20.3 Å². The Hall–Kier alpha value is -2.84. The Morgan fingerprint density at radius 2 is 2.00 bits per heavy atom. The normalized spacial score (nSPS) is 12.3. The number of rotatable bonds is 5. The number of carboxylic acids is 1. The summed E-state index contributed by atoms with van der Waals surface area (Å²) in [5.41, 5.74) is -1.07. The monoisotopic (exact) mass is 326 g/mol. The second-order valence-electron chi connectivity index (χ2n) is 5.81. The number of phenols is 1. The highest BCUT2D eigenvalue weighted by Crippen LogP contribution is 2.24. The molecule has 0 aromatic heterocycles. The lowest BCUT2D eigenvalue weighted by Crippen LogP contribution is -2.44. The summed E-state index contributed by atoms with van der Waals surface area (Å²) < 4.78 is 4.96. The predicted molar refractivity (Wildman–Crippen MR) is 79.3 cm³/mol. The van der Waals surface area contributed by atoms with Crippen LogP contribution in [0, 0.1) is 10.1 Å². The summed E-state index contributed by atoms with van der Waals surface area (Å²) >= 11 is 0. The number of aliphatic carboxylic acids is 1. The van der Waals surface area contributed by atoms with E-state index in [2.05, 4.69) is 5.32 Å². The van der Waals surface area contributed by atoms with Gasteiger partial charge in [0.15, 0.2) is 0 Å². The van der Waals surface area contributed by atoms with Crippen molar-refractivity contribution in [2.45, 2.75) is 38.8 Å². The smallest absolute Gasteiger partial charge is 0.408 e. The lowest BCUT2D eigenvalue weighted by atomic mass is 10.0. The molecule has 9 nitrogen and oxygen atoms in total. The van der Waals surface area contributed by atoms with Crippen molar-refractivity contribution in [2.24, 2.45) is 0 Å². The molecule has 3 N–H and O–H groups in total. The minimum absolute atomic E-state index is 0.0302. The third kappa shape index (κ3) is 5.81. The van der Waals surface area contributed by atoms with Gasteiger partial charge in [-0.15, -0.1) is 0 Å². The Labute approximate surface area is 132 Å². The molecule has 126 valence electrons. The van der Waals surface area contributed by atoms with Gasteiger partial charge >= 0.3 is 12.1 Å². The standard InChI is InChI=1S/C14H18N2O7/c1-14(2,3)23-13(20)15-10(12(18)19)7-8-6-9(16(21)22)4-5-11(8)17/h4-6,10,17H,7H2,1-3H3,(H,15,20)(H,18,19). The maximum absolute atomic E-state index is 11.7. The molecule has 1 unspecified atom stereocenters. The molecule has 0 heterocycles. The van der Waals surface area contributed by atoms with E-state index in [4.69, 9.17) is 9.84 Å². The second kappa shape index (κ2) is 6.95. The van der Waals surface area contributed by atoms with E-state index in [9.17, 15) is 24.8 Å². The van der Waals surface area contributed by atoms with Gasteiger partial charge in [0.1, 0.15) is 17.4 Å². The maximum atomic E-state index is 11.7. The lowest BCUT2D eigenvalue weighted by Gasteiger charge is -2.22. The Balaban J connectivity index is 2.92. The highest BCUT2D eigenvalue weighted by molar-refractivity contribution is 5.80. The van der Waals surface area contributed by atoms with E-state index in [1.165, 1.54) is 0 Å². The van der Waals surface area contributed by atoms with Crippen molar-refractivity contribution < 1.29 is 29.5 Å². The molecule has 0 spiro atoms. The van der Waals surface area contributed by atoms with Crippen LogP contribution in [-0.4, -0.2) is 38.8 Å². The molecular formula is C14H18N2O7. The number of hydrogen-bond acceptors (Lipinski definition) is 6. The van der Waals surface area contributed by atoms with Gasteiger partial charge in [0.2, 0.25) is 0 Å². The Bertz CT molecular complexity index is 622. The van der Waals surface area contributed by atoms with Crippen molar-refractivity contribution in [3.05, 3.63) is 33.9 Å². The summed E-state index contributed by atoms with van der Waals surface area (Å²) in [6.45, 7) is 4.86. The molecule has 1 amide bonds. The Morgan fingerprint density at radius 3 is 2.48 bits per heavy atom. The van der Waals surface area contributed by atoms with Crippen molar-refractivity contribution in [3.63, 3.8) is 0 Å². The zero-order valence-electron chi connectivity index (χ0n) is 12.9. The highest BCUT2D eigenvalue weighted by Gasteiger charge is 2.25. The number of non-ortho nitro benzene ring substituents is 1. The van der Waals surface area contributed by atoms with Gasteiger partial charge in [-0.1, -0.05) is 0 Å². The van der Waals surface area contributed by atoms with Gasteiger partial charge in [-0.2, -0.15) is 0 Å². The number of phenolic OH excluding ortho intramolecular Hbond substituents is 1. The summed E-state index contributed by atoms with van der Waals surface area (Å²) in [5.74, 6) is -1.66. The molecule has 23 heavy (non-hydrogen) atoms. The number of carbonyl (C=O) groups is 2. The lowest BCUT2D eigenvalue weighted by molar-refractivity contribution is -0.384. The van der Waals surface area contributed by atoms with E-state index in [0.29, 0.717) is 0 Å². The molecule has 1 aromatic carbocycles. The molecule has 0 fully saturated rings. The first-order chi connectivity index (χ1) is 10.5. The molecule has 0 saturated heterocycles. The van der Waals surface area contributed by atoms with Crippen LogP contribution in [0.4, 0.5) is 10.5 Å². The molecule has 0 aliphatic carbocycles. The van der Waals surface area contributed by atoms with Crippen LogP contribution in [-0.2, 0) is 16.0 Å². The van der Waals surface area contributed by atoms with Crippen LogP contribution >= 0.6 is 0 Å². The number of ether oxygens (including phenoxy) is 1. The summed E-state index contributed by atoms with van der Waals surface area (Å²) in [7, 11) is 0. The fraction of sp³-hybridized carbons (Fsp3) is 0.429. The molecule has 1 atom stereocenters. The average molecular weight is 326 g/mol. The summed E-state index contributed by atoms with van der Waals surface area (Å²) in [5, 5.41) is 31.8. The van der Waals surface area contributed by atoms with E-state index in [-0.39, 0.29) is 23.4 Å². The first-order valence-electron chi connectivity index (χ1n) is 6.68. The van der Waals surface area contributed by atoms with Gasteiger partial charge in [-0.3, -0.25) is 10.1 Å². The minimum Gasteiger partial charge on any atom is -0.508 e. The van der Waals surface area contributed by atoms with Gasteiger partial charge in [0.05, 0.1) is 4.92 Å². The number of nitro benzene ring substituents is 1. The first kappa shape index (κ1) is 18.2. The van der Waals surface area contributed by atoms with Crippen LogP contribution < -0.4 is 5.32 Å². The van der Waals surface area contributed by atoms with E-state index < -0.39 is 28.6 Å². The third-order valence-electron chi connectivity index (χ3n) is 2.69. The predicted octanol–water partition coefficient (Wildman–Crippen LogP) is 1.82. The fourth-order valence-electron chi connectivity index (χ4n) is 1.72. The fourth-order valence-corrected chi connectivity index (χ4v) is 1.72. The van der Waals surface area contributed by atoms with Crippen LogP contribution in [0.25, 0.3) is 0 Å². The number of nitrogens with one attached hydrogen (secondary N) is 1. The number of nitro groups is 1. The Kier molecular flexibility index (Phi) is 5.50. The van der Waals surface area contributed by atoms with Crippen molar-refractivity contribution in [1.82, 2.24) is 5.32 Å². The molecule has 0 aliphatic heterocycles. The zero-order valence-corrected chi connectivity index (χ0v) is 12.9. The molecule has 0 aliphatic rings. The summed E-state index contributed by atoms with van der Waals surface area (Å²) in [6, 6.07) is 1.84. The van der Waals surface area contributed by atoms with E-state index in [1.807, 2.05) is 0 Å². The molecular weight excluding hydrogens is 308 g/mol. The molecule has 0 bridgehead atoms. The molecule has 1 aromatic rings. The number of benzene rings is 1. The summed E-state index contributed by atoms with van der Waals surface area (Å²) in [4.78, 5) is 33.0. The van der Waals surface area contributed by atoms with E-state index in [0.717, 1.165) is 18.2 Å². The van der Waals surface area contributed by atoms with Crippen LogP contribution in [0.15, 0.2) is 18.2 Å². The highest BCUT2D eigenvalue weighted by atomic mass is 16.6. The van der Waals surface area contributed by atoms with Crippen LogP contribution in [0.3, 0.4) is 0 Å². The molecule has 1 rings (SSSR count). The van der Waals surface area contributed by atoms with Gasteiger partial charge in [0, 0.05) is 24.1 Å². The molecule has 0 radical (unpaired) electrons. The number of amides is 1. The summed E-state index contributed by atoms with van der Waals surface area (Å²) in [6.07, 6.45) is -1.27. The van der Waals surface area contributed by atoms with Crippen molar-refractivity contribution in [3.8, 4) is 5.75 Å². The number of hydrogen-bond donors (Lipinski definition) is 3. The number of aromatic hydroxyl groups is 1. The average Bonchev–Trinajstić information content (AvgIpc) is 2.37. The van der Waals surface area contributed by atoms with E-state index in [1.54, 1.807) is 20.8 Å².